The van der Waals surface area contributed by atoms with E-state index in [9.17, 15) is 0 Å². The Kier molecular flexibility index (Phi) is 4.73. The predicted molar refractivity (Wildman–Crippen MR) is 132 cm³/mol. The van der Waals surface area contributed by atoms with Crippen LogP contribution in [0.2, 0.25) is 0 Å². The van der Waals surface area contributed by atoms with Crippen molar-refractivity contribution in [2.24, 2.45) is 0 Å². The lowest BCUT2D eigenvalue weighted by molar-refractivity contribution is 0.419. The molecule has 0 unspecified atom stereocenters. The van der Waals surface area contributed by atoms with Crippen molar-refractivity contribution in [1.82, 2.24) is 4.57 Å². The third-order valence-electron chi connectivity index (χ3n) is 6.39. The number of nitrogens with zero attached hydrogens (tertiary/aromatic N) is 1. The lowest BCUT2D eigenvalue weighted by atomic mass is 9.98. The molecule has 31 heavy (non-hydrogen) atoms. The fourth-order valence-corrected chi connectivity index (χ4v) is 5.18. The van der Waals surface area contributed by atoms with Crippen LogP contribution >= 0.6 is 0 Å². The van der Waals surface area contributed by atoms with E-state index < -0.39 is 0 Å². The summed E-state index contributed by atoms with van der Waals surface area (Å²) in [6.45, 7) is 8.81. The van der Waals surface area contributed by atoms with Gasteiger partial charge in [-0.05, 0) is 70.2 Å². The van der Waals surface area contributed by atoms with E-state index in [1.807, 2.05) is 7.11 Å². The number of nitrogens with one attached hydrogen (secondary N) is 1. The van der Waals surface area contributed by atoms with Gasteiger partial charge in [-0.1, -0.05) is 42.0 Å². The minimum atomic E-state index is -0.0365. The SMILES string of the molecule is COc1c(NC(C)(C)C)c2c(c3c1c1c(n3-c3ccc(C)cc3)CC=CC=C1)CCC2. The summed E-state index contributed by atoms with van der Waals surface area (Å²) in [5.74, 6) is 0.985. The Morgan fingerprint density at radius 2 is 1.74 bits per heavy atom. The number of ether oxygens (including phenoxy) is 1. The number of aromatic nitrogens is 1. The number of allylic oxidation sites excluding steroid dienone is 3. The Bertz CT molecular complexity index is 1220. The van der Waals surface area contributed by atoms with Crippen LogP contribution in [0.25, 0.3) is 22.7 Å². The summed E-state index contributed by atoms with van der Waals surface area (Å²) in [6, 6.07) is 8.93. The van der Waals surface area contributed by atoms with Crippen LogP contribution in [0.15, 0.2) is 42.5 Å². The Morgan fingerprint density at radius 3 is 2.45 bits per heavy atom. The quantitative estimate of drug-likeness (QED) is 0.513. The summed E-state index contributed by atoms with van der Waals surface area (Å²) in [6.07, 6.45) is 13.1. The molecule has 1 heterocycles. The van der Waals surface area contributed by atoms with Crippen molar-refractivity contribution < 1.29 is 4.74 Å². The second kappa shape index (κ2) is 7.33. The molecule has 3 heteroatoms. The van der Waals surface area contributed by atoms with Gasteiger partial charge >= 0.3 is 0 Å². The zero-order valence-corrected chi connectivity index (χ0v) is 19.3. The average molecular weight is 413 g/mol. The Balaban J connectivity index is 1.94. The van der Waals surface area contributed by atoms with Gasteiger partial charge in [-0.2, -0.15) is 0 Å². The molecular formula is C28H32N2O. The number of hydrogen-bond acceptors (Lipinski definition) is 2. The van der Waals surface area contributed by atoms with Crippen LogP contribution in [0.1, 0.15) is 55.1 Å². The highest BCUT2D eigenvalue weighted by molar-refractivity contribution is 6.04. The largest absolute Gasteiger partial charge is 0.494 e. The minimum absolute atomic E-state index is 0.0365. The van der Waals surface area contributed by atoms with E-state index in [-0.39, 0.29) is 5.54 Å². The van der Waals surface area contributed by atoms with Gasteiger partial charge in [-0.3, -0.25) is 0 Å². The molecule has 0 fully saturated rings. The lowest BCUT2D eigenvalue weighted by Gasteiger charge is -2.27. The Labute approximate surface area is 185 Å². The molecule has 1 aromatic heterocycles. The van der Waals surface area contributed by atoms with Crippen molar-refractivity contribution in [1.29, 1.82) is 0 Å². The molecule has 0 atom stereocenters. The number of anilines is 1. The van der Waals surface area contributed by atoms with Crippen LogP contribution in [-0.2, 0) is 19.3 Å². The van der Waals surface area contributed by atoms with E-state index in [0.29, 0.717) is 0 Å². The number of fused-ring (bicyclic) bond motifs is 5. The maximum atomic E-state index is 6.17. The number of methoxy groups -OCH3 is 1. The summed E-state index contributed by atoms with van der Waals surface area (Å²) in [4.78, 5) is 0. The van der Waals surface area contributed by atoms with E-state index in [2.05, 4.69) is 86.1 Å². The van der Waals surface area contributed by atoms with Crippen LogP contribution in [0.5, 0.6) is 5.75 Å². The average Bonchev–Trinajstić information content (AvgIpc) is 3.24. The van der Waals surface area contributed by atoms with Crippen molar-refractivity contribution >= 4 is 22.7 Å². The first kappa shape index (κ1) is 20.0. The first-order valence-corrected chi connectivity index (χ1v) is 11.4. The molecule has 5 rings (SSSR count). The Morgan fingerprint density at radius 1 is 1.00 bits per heavy atom. The van der Waals surface area contributed by atoms with E-state index in [1.165, 1.54) is 56.6 Å². The summed E-state index contributed by atoms with van der Waals surface area (Å²) in [5.41, 5.74) is 10.5. The molecule has 0 bridgehead atoms. The first-order chi connectivity index (χ1) is 14.9. The van der Waals surface area contributed by atoms with Gasteiger partial charge < -0.3 is 14.6 Å². The summed E-state index contributed by atoms with van der Waals surface area (Å²) >= 11 is 0. The van der Waals surface area contributed by atoms with E-state index in [0.717, 1.165) is 25.0 Å². The van der Waals surface area contributed by atoms with Gasteiger partial charge in [0.05, 0.1) is 23.7 Å². The van der Waals surface area contributed by atoms with Crippen molar-refractivity contribution in [2.75, 3.05) is 12.4 Å². The molecule has 160 valence electrons. The Hall–Kier alpha value is -2.94. The summed E-state index contributed by atoms with van der Waals surface area (Å²) in [7, 11) is 1.82. The zero-order valence-electron chi connectivity index (χ0n) is 19.3. The minimum Gasteiger partial charge on any atom is -0.494 e. The molecule has 2 aliphatic carbocycles. The van der Waals surface area contributed by atoms with Crippen LogP contribution in [-0.4, -0.2) is 17.2 Å². The van der Waals surface area contributed by atoms with Crippen molar-refractivity contribution in [2.45, 2.75) is 58.9 Å². The molecule has 3 nitrogen and oxygen atoms in total. The van der Waals surface area contributed by atoms with Gasteiger partial charge in [0.2, 0.25) is 0 Å². The molecule has 0 spiro atoms. The third-order valence-corrected chi connectivity index (χ3v) is 6.39. The molecule has 0 radical (unpaired) electrons. The number of aryl methyl sites for hydroxylation is 2. The molecule has 3 aromatic rings. The van der Waals surface area contributed by atoms with Gasteiger partial charge in [0.1, 0.15) is 0 Å². The van der Waals surface area contributed by atoms with Crippen molar-refractivity contribution in [3.8, 4) is 11.4 Å². The summed E-state index contributed by atoms with van der Waals surface area (Å²) < 4.78 is 8.67. The zero-order chi connectivity index (χ0) is 21.8. The van der Waals surface area contributed by atoms with Gasteiger partial charge in [0.25, 0.3) is 0 Å². The van der Waals surface area contributed by atoms with Crippen LogP contribution in [0.4, 0.5) is 5.69 Å². The molecule has 2 aromatic carbocycles. The van der Waals surface area contributed by atoms with Crippen LogP contribution in [0.3, 0.4) is 0 Å². The third kappa shape index (κ3) is 3.27. The lowest BCUT2D eigenvalue weighted by Crippen LogP contribution is -2.27. The number of rotatable bonds is 3. The topological polar surface area (TPSA) is 26.2 Å². The highest BCUT2D eigenvalue weighted by Crippen LogP contribution is 2.49. The first-order valence-electron chi connectivity index (χ1n) is 11.4. The number of benzene rings is 2. The van der Waals surface area contributed by atoms with Gasteiger partial charge in [-0.25, -0.2) is 0 Å². The highest BCUT2D eigenvalue weighted by atomic mass is 16.5. The normalized spacial score (nSPS) is 15.1. The van der Waals surface area contributed by atoms with E-state index in [4.69, 9.17) is 4.74 Å². The second-order valence-electron chi connectivity index (χ2n) is 9.84. The maximum Gasteiger partial charge on any atom is 0.152 e. The predicted octanol–water partition coefficient (Wildman–Crippen LogP) is 6.77. The molecule has 0 saturated heterocycles. The highest BCUT2D eigenvalue weighted by Gasteiger charge is 2.31. The van der Waals surface area contributed by atoms with E-state index in [1.54, 1.807) is 0 Å². The standard InChI is InChI=1S/C28H32N2O/c1-18-14-16-19(17-15-18)30-23-13-8-6-7-10-22(23)24-26(30)21-12-9-11-20(21)25(27(24)31-5)29-28(2,3)4/h6-8,10,14-17,29H,9,11-13H2,1-5H3. The smallest absolute Gasteiger partial charge is 0.152 e. The number of hydrogen-bond donors (Lipinski definition) is 1. The molecule has 2 aliphatic rings. The van der Waals surface area contributed by atoms with Crippen molar-refractivity contribution in [3.63, 3.8) is 0 Å². The monoisotopic (exact) mass is 412 g/mol. The van der Waals surface area contributed by atoms with Crippen LogP contribution < -0.4 is 10.1 Å². The van der Waals surface area contributed by atoms with Gasteiger partial charge in [0, 0.05) is 28.9 Å². The summed E-state index contributed by atoms with van der Waals surface area (Å²) in [5, 5.41) is 5.04. The van der Waals surface area contributed by atoms with Gasteiger partial charge in [0.15, 0.2) is 5.75 Å². The second-order valence-corrected chi connectivity index (χ2v) is 9.84. The fourth-order valence-electron chi connectivity index (χ4n) is 5.18. The fraction of sp³-hybridized carbons (Fsp3) is 0.357. The van der Waals surface area contributed by atoms with Crippen molar-refractivity contribution in [3.05, 3.63) is 70.4 Å². The van der Waals surface area contributed by atoms with E-state index >= 15 is 0 Å². The molecule has 0 amide bonds. The molecule has 0 saturated carbocycles. The molecular weight excluding hydrogens is 380 g/mol. The molecule has 1 N–H and O–H groups in total. The molecule has 0 aliphatic heterocycles. The van der Waals surface area contributed by atoms with Crippen LogP contribution in [0, 0.1) is 6.92 Å². The van der Waals surface area contributed by atoms with Gasteiger partial charge in [-0.15, -0.1) is 0 Å². The maximum absolute atomic E-state index is 6.17.